The molecule has 0 radical (unpaired) electrons. The summed E-state index contributed by atoms with van der Waals surface area (Å²) in [6, 6.07) is 4.07. The van der Waals surface area contributed by atoms with Crippen LogP contribution in [-0.2, 0) is 17.0 Å². The van der Waals surface area contributed by atoms with Crippen LogP contribution in [0.15, 0.2) is 16.5 Å². The average molecular weight is 243 g/mol. The number of hydrogen-bond donors (Lipinski definition) is 1. The largest absolute Gasteiger partial charge is 0.464 e. The first-order valence-corrected chi connectivity index (χ1v) is 7.00. The molecule has 1 rings (SSSR count). The second-order valence-electron chi connectivity index (χ2n) is 3.90. The first-order chi connectivity index (χ1) is 7.72. The monoisotopic (exact) mass is 243 g/mol. The van der Waals surface area contributed by atoms with Crippen LogP contribution in [0.4, 0.5) is 0 Å². The highest BCUT2D eigenvalue weighted by atomic mass is 32.2. The minimum absolute atomic E-state index is 0.304. The van der Waals surface area contributed by atoms with Crippen LogP contribution in [-0.4, -0.2) is 25.5 Å². The summed E-state index contributed by atoms with van der Waals surface area (Å²) in [4.78, 5) is 0. The molecule has 16 heavy (non-hydrogen) atoms. The molecule has 0 aliphatic carbocycles. The molecule has 0 spiro atoms. The van der Waals surface area contributed by atoms with Crippen molar-refractivity contribution in [1.82, 2.24) is 5.32 Å². The molecule has 1 heterocycles. The molecule has 0 saturated carbocycles. The number of rotatable bonds is 8. The molecule has 0 aliphatic heterocycles. The summed E-state index contributed by atoms with van der Waals surface area (Å²) in [5.74, 6) is 2.98. The molecule has 1 N–H and O–H groups in total. The highest BCUT2D eigenvalue weighted by Gasteiger charge is 2.00. The minimum atomic E-state index is 0.304. The molecule has 1 aromatic heterocycles. The predicted molar refractivity (Wildman–Crippen MR) is 68.7 cm³/mol. The fourth-order valence-electron chi connectivity index (χ4n) is 1.32. The van der Waals surface area contributed by atoms with Gasteiger partial charge >= 0.3 is 0 Å². The molecule has 0 atom stereocenters. The number of furan rings is 1. The van der Waals surface area contributed by atoms with Crippen molar-refractivity contribution in [3.63, 3.8) is 0 Å². The number of nitrogens with one attached hydrogen (secondary N) is 1. The van der Waals surface area contributed by atoms with E-state index in [1.807, 2.05) is 26.0 Å². The van der Waals surface area contributed by atoms with E-state index in [0.717, 1.165) is 37.0 Å². The third-order valence-corrected chi connectivity index (χ3v) is 2.61. The van der Waals surface area contributed by atoms with Crippen molar-refractivity contribution in [3.05, 3.63) is 23.7 Å². The lowest BCUT2D eigenvalue weighted by atomic mass is 10.4. The van der Waals surface area contributed by atoms with E-state index in [0.29, 0.717) is 6.10 Å². The van der Waals surface area contributed by atoms with E-state index < -0.39 is 0 Å². The van der Waals surface area contributed by atoms with Gasteiger partial charge in [0.15, 0.2) is 0 Å². The fraction of sp³-hybridized carbons (Fsp3) is 0.667. The van der Waals surface area contributed by atoms with Crippen molar-refractivity contribution in [2.24, 2.45) is 0 Å². The normalized spacial score (nSPS) is 11.2. The first kappa shape index (κ1) is 13.6. The molecular formula is C12H21NO2S. The molecule has 0 amide bonds. The lowest BCUT2D eigenvalue weighted by Gasteiger charge is -2.07. The van der Waals surface area contributed by atoms with Crippen LogP contribution in [0.2, 0.25) is 0 Å². The van der Waals surface area contributed by atoms with Crippen LogP contribution in [0.3, 0.4) is 0 Å². The summed E-state index contributed by atoms with van der Waals surface area (Å²) in [5, 5.41) is 3.29. The maximum Gasteiger partial charge on any atom is 0.118 e. The Morgan fingerprint density at radius 1 is 1.38 bits per heavy atom. The number of hydrogen-bond acceptors (Lipinski definition) is 4. The lowest BCUT2D eigenvalue weighted by molar-refractivity contribution is 0.0805. The summed E-state index contributed by atoms with van der Waals surface area (Å²) in [6.07, 6.45) is 2.38. The van der Waals surface area contributed by atoms with Crippen molar-refractivity contribution in [2.45, 2.75) is 32.2 Å². The second-order valence-corrected chi connectivity index (χ2v) is 4.76. The summed E-state index contributed by atoms with van der Waals surface area (Å²) in [6.45, 7) is 6.46. The van der Waals surface area contributed by atoms with E-state index in [4.69, 9.17) is 9.15 Å². The van der Waals surface area contributed by atoms with E-state index >= 15 is 0 Å². The van der Waals surface area contributed by atoms with Crippen LogP contribution in [0.5, 0.6) is 0 Å². The molecular weight excluding hydrogens is 222 g/mol. The van der Waals surface area contributed by atoms with E-state index in [-0.39, 0.29) is 0 Å². The van der Waals surface area contributed by atoms with Gasteiger partial charge in [-0.3, -0.25) is 0 Å². The Bertz CT molecular complexity index is 286. The Hall–Kier alpha value is -0.450. The van der Waals surface area contributed by atoms with Crippen molar-refractivity contribution < 1.29 is 9.15 Å². The van der Waals surface area contributed by atoms with Crippen LogP contribution >= 0.6 is 11.8 Å². The Morgan fingerprint density at radius 2 is 2.12 bits per heavy atom. The molecule has 4 heteroatoms. The van der Waals surface area contributed by atoms with Crippen LogP contribution < -0.4 is 5.32 Å². The molecule has 0 bridgehead atoms. The first-order valence-electron chi connectivity index (χ1n) is 5.61. The van der Waals surface area contributed by atoms with Gasteiger partial charge < -0.3 is 14.5 Å². The molecule has 1 aromatic rings. The quantitative estimate of drug-likeness (QED) is 0.712. The lowest BCUT2D eigenvalue weighted by Crippen LogP contribution is -2.20. The predicted octanol–water partition coefficient (Wildman–Crippen LogP) is 2.66. The van der Waals surface area contributed by atoms with Gasteiger partial charge in [-0.05, 0) is 32.2 Å². The van der Waals surface area contributed by atoms with Gasteiger partial charge in [0.25, 0.3) is 0 Å². The van der Waals surface area contributed by atoms with Crippen molar-refractivity contribution in [1.29, 1.82) is 0 Å². The Kier molecular flexibility index (Phi) is 6.61. The van der Waals surface area contributed by atoms with Crippen LogP contribution in [0.1, 0.15) is 25.4 Å². The standard InChI is InChI=1S/C12H21NO2S/c1-10(2)14-7-6-13-8-11-4-5-12(15-11)9-16-3/h4-5,10,13H,6-9H2,1-3H3. The second kappa shape index (κ2) is 7.76. The molecule has 3 nitrogen and oxygen atoms in total. The van der Waals surface area contributed by atoms with Gasteiger partial charge in [0.1, 0.15) is 11.5 Å². The molecule has 0 aromatic carbocycles. The Balaban J connectivity index is 2.12. The fourth-order valence-corrected chi connectivity index (χ4v) is 1.76. The highest BCUT2D eigenvalue weighted by Crippen LogP contribution is 2.12. The molecule has 0 fully saturated rings. The van der Waals surface area contributed by atoms with Crippen LogP contribution in [0.25, 0.3) is 0 Å². The van der Waals surface area contributed by atoms with Crippen molar-refractivity contribution in [2.75, 3.05) is 19.4 Å². The Morgan fingerprint density at radius 3 is 2.81 bits per heavy atom. The highest BCUT2D eigenvalue weighted by molar-refractivity contribution is 7.97. The minimum Gasteiger partial charge on any atom is -0.464 e. The third kappa shape index (κ3) is 5.58. The van der Waals surface area contributed by atoms with Crippen molar-refractivity contribution >= 4 is 11.8 Å². The van der Waals surface area contributed by atoms with E-state index in [1.165, 1.54) is 0 Å². The molecule has 0 aliphatic rings. The van der Waals surface area contributed by atoms with E-state index in [9.17, 15) is 0 Å². The molecule has 92 valence electrons. The summed E-state index contributed by atoms with van der Waals surface area (Å²) >= 11 is 1.77. The summed E-state index contributed by atoms with van der Waals surface area (Å²) < 4.78 is 11.1. The van der Waals surface area contributed by atoms with Gasteiger partial charge in [0, 0.05) is 6.54 Å². The topological polar surface area (TPSA) is 34.4 Å². The molecule has 0 unspecified atom stereocenters. The zero-order chi connectivity index (χ0) is 11.8. The Labute approximate surface area is 102 Å². The summed E-state index contributed by atoms with van der Waals surface area (Å²) in [7, 11) is 0. The summed E-state index contributed by atoms with van der Waals surface area (Å²) in [5.41, 5.74) is 0. The van der Waals surface area contributed by atoms with Gasteiger partial charge in [-0.1, -0.05) is 0 Å². The van der Waals surface area contributed by atoms with Gasteiger partial charge in [0.05, 0.1) is 25.0 Å². The van der Waals surface area contributed by atoms with Crippen molar-refractivity contribution in [3.8, 4) is 0 Å². The SMILES string of the molecule is CSCc1ccc(CNCCOC(C)C)o1. The number of thioether (sulfide) groups is 1. The maximum atomic E-state index is 5.63. The van der Waals surface area contributed by atoms with Gasteiger partial charge in [0.2, 0.25) is 0 Å². The van der Waals surface area contributed by atoms with Gasteiger partial charge in [-0.2, -0.15) is 11.8 Å². The van der Waals surface area contributed by atoms with E-state index in [2.05, 4.69) is 11.6 Å². The van der Waals surface area contributed by atoms with Gasteiger partial charge in [-0.25, -0.2) is 0 Å². The number of ether oxygens (including phenoxy) is 1. The molecule has 0 saturated heterocycles. The zero-order valence-corrected chi connectivity index (χ0v) is 11.1. The third-order valence-electron chi connectivity index (χ3n) is 2.03. The zero-order valence-electron chi connectivity index (χ0n) is 10.3. The maximum absolute atomic E-state index is 5.63. The van der Waals surface area contributed by atoms with Crippen LogP contribution in [0, 0.1) is 0 Å². The average Bonchev–Trinajstić information content (AvgIpc) is 2.65. The van der Waals surface area contributed by atoms with Gasteiger partial charge in [-0.15, -0.1) is 0 Å². The smallest absolute Gasteiger partial charge is 0.118 e. The van der Waals surface area contributed by atoms with E-state index in [1.54, 1.807) is 11.8 Å².